The van der Waals surface area contributed by atoms with Crippen LogP contribution >= 0.6 is 24.0 Å². The molecule has 0 N–H and O–H groups in total. The van der Waals surface area contributed by atoms with Gasteiger partial charge < -0.3 is 4.74 Å². The minimum atomic E-state index is -0.0846. The predicted molar refractivity (Wildman–Crippen MR) is 146 cm³/mol. The van der Waals surface area contributed by atoms with Gasteiger partial charge in [-0.3, -0.25) is 9.69 Å². The molecule has 34 heavy (non-hydrogen) atoms. The van der Waals surface area contributed by atoms with Crippen LogP contribution in [0.5, 0.6) is 5.75 Å². The molecule has 168 valence electrons. The van der Waals surface area contributed by atoms with E-state index in [4.69, 9.17) is 17.0 Å². The SMILES string of the molecule is Cc1ccc(N2C(=O)/C(=C\c3ccc(OCc4ccc5ccccc5c4)cc3)SC2=S)c(C)c1. The predicted octanol–water partition coefficient (Wildman–Crippen LogP) is 7.44. The normalized spacial score (nSPS) is 14.9. The second-order valence-corrected chi connectivity index (χ2v) is 10.0. The summed E-state index contributed by atoms with van der Waals surface area (Å²) >= 11 is 6.86. The van der Waals surface area contributed by atoms with E-state index in [1.165, 1.54) is 22.5 Å². The van der Waals surface area contributed by atoms with Crippen LogP contribution in [-0.2, 0) is 11.4 Å². The van der Waals surface area contributed by atoms with Gasteiger partial charge in [-0.25, -0.2) is 0 Å². The molecule has 5 rings (SSSR count). The van der Waals surface area contributed by atoms with Gasteiger partial charge in [0.05, 0.1) is 10.6 Å². The molecule has 1 amide bonds. The number of ether oxygens (including phenoxy) is 1. The largest absolute Gasteiger partial charge is 0.489 e. The van der Waals surface area contributed by atoms with Crippen molar-refractivity contribution in [3.05, 3.63) is 112 Å². The molecular formula is C29H23NO2S2. The molecule has 0 bridgehead atoms. The monoisotopic (exact) mass is 481 g/mol. The van der Waals surface area contributed by atoms with Crippen molar-refractivity contribution in [1.82, 2.24) is 0 Å². The number of carbonyl (C=O) groups is 1. The molecular weight excluding hydrogens is 458 g/mol. The molecule has 1 heterocycles. The Kier molecular flexibility index (Phi) is 6.22. The van der Waals surface area contributed by atoms with E-state index in [1.807, 2.05) is 68.5 Å². The lowest BCUT2D eigenvalue weighted by Crippen LogP contribution is -2.28. The zero-order valence-corrected chi connectivity index (χ0v) is 20.6. The molecule has 0 saturated carbocycles. The number of rotatable bonds is 5. The number of amides is 1. The van der Waals surface area contributed by atoms with Gasteiger partial charge in [-0.2, -0.15) is 0 Å². The standard InChI is InChI=1S/C29H23NO2S2/c1-19-7-14-26(20(2)15-19)30-28(31)27(34-29(30)33)17-21-9-12-25(13-10-21)32-18-22-8-11-23-5-3-4-6-24(23)16-22/h3-17H,18H2,1-2H3/b27-17+. The molecule has 0 radical (unpaired) electrons. The Morgan fingerprint density at radius 1 is 0.912 bits per heavy atom. The van der Waals surface area contributed by atoms with Gasteiger partial charge >= 0.3 is 0 Å². The summed E-state index contributed by atoms with van der Waals surface area (Å²) in [5.74, 6) is 0.701. The fraction of sp³-hybridized carbons (Fsp3) is 0.103. The molecule has 0 atom stereocenters. The second-order valence-electron chi connectivity index (χ2n) is 8.35. The molecule has 1 fully saturated rings. The summed E-state index contributed by atoms with van der Waals surface area (Å²) in [7, 11) is 0. The lowest BCUT2D eigenvalue weighted by molar-refractivity contribution is -0.113. The number of thiocarbonyl (C=S) groups is 1. The number of carbonyl (C=O) groups excluding carboxylic acids is 1. The van der Waals surface area contributed by atoms with E-state index in [1.54, 1.807) is 4.90 Å². The highest BCUT2D eigenvalue weighted by Crippen LogP contribution is 2.37. The van der Waals surface area contributed by atoms with Gasteiger partial charge in [0.25, 0.3) is 5.91 Å². The zero-order chi connectivity index (χ0) is 23.7. The summed E-state index contributed by atoms with van der Waals surface area (Å²) in [6, 6.07) is 28.5. The molecule has 1 aliphatic rings. The van der Waals surface area contributed by atoms with Crippen LogP contribution in [0, 0.1) is 13.8 Å². The minimum Gasteiger partial charge on any atom is -0.489 e. The first kappa shape index (κ1) is 22.4. The van der Waals surface area contributed by atoms with Gasteiger partial charge in [0.2, 0.25) is 0 Å². The molecule has 1 saturated heterocycles. The summed E-state index contributed by atoms with van der Waals surface area (Å²) in [5.41, 5.74) is 5.08. The highest BCUT2D eigenvalue weighted by atomic mass is 32.2. The van der Waals surface area contributed by atoms with Crippen LogP contribution in [0.4, 0.5) is 5.69 Å². The summed E-state index contributed by atoms with van der Waals surface area (Å²) in [4.78, 5) is 15.3. The van der Waals surface area contributed by atoms with Gasteiger partial charge in [-0.15, -0.1) is 0 Å². The fourth-order valence-corrected chi connectivity index (χ4v) is 5.32. The zero-order valence-electron chi connectivity index (χ0n) is 18.9. The summed E-state index contributed by atoms with van der Waals surface area (Å²) in [6.07, 6.45) is 1.88. The van der Waals surface area contributed by atoms with E-state index in [0.29, 0.717) is 15.8 Å². The van der Waals surface area contributed by atoms with Crippen molar-refractivity contribution in [3.8, 4) is 5.75 Å². The van der Waals surface area contributed by atoms with Crippen molar-refractivity contribution in [2.75, 3.05) is 4.90 Å². The number of hydrogen-bond donors (Lipinski definition) is 0. The number of thioether (sulfide) groups is 1. The summed E-state index contributed by atoms with van der Waals surface area (Å²) < 4.78 is 6.53. The number of anilines is 1. The number of benzene rings is 4. The van der Waals surface area contributed by atoms with Crippen molar-refractivity contribution in [2.24, 2.45) is 0 Å². The van der Waals surface area contributed by atoms with Gasteiger partial charge in [0.1, 0.15) is 12.4 Å². The molecule has 3 nitrogen and oxygen atoms in total. The van der Waals surface area contributed by atoms with E-state index < -0.39 is 0 Å². The van der Waals surface area contributed by atoms with Crippen LogP contribution in [0.15, 0.2) is 89.8 Å². The lowest BCUT2D eigenvalue weighted by Gasteiger charge is -2.17. The van der Waals surface area contributed by atoms with E-state index in [-0.39, 0.29) is 5.91 Å². The highest BCUT2D eigenvalue weighted by molar-refractivity contribution is 8.27. The third kappa shape index (κ3) is 4.63. The molecule has 0 aliphatic carbocycles. The number of hydrogen-bond acceptors (Lipinski definition) is 4. The maximum absolute atomic E-state index is 13.1. The van der Waals surface area contributed by atoms with Gasteiger partial charge in [-0.05, 0) is 71.7 Å². The fourth-order valence-electron chi connectivity index (χ4n) is 4.04. The second kappa shape index (κ2) is 9.45. The Labute approximate surface area is 209 Å². The molecule has 0 unspecified atom stereocenters. The van der Waals surface area contributed by atoms with Gasteiger partial charge in [-0.1, -0.05) is 90.2 Å². The average molecular weight is 482 g/mol. The van der Waals surface area contributed by atoms with E-state index in [0.717, 1.165) is 33.7 Å². The Balaban J connectivity index is 1.28. The highest BCUT2D eigenvalue weighted by Gasteiger charge is 2.34. The molecule has 4 aromatic carbocycles. The van der Waals surface area contributed by atoms with Crippen molar-refractivity contribution in [2.45, 2.75) is 20.5 Å². The van der Waals surface area contributed by atoms with Crippen LogP contribution in [0.25, 0.3) is 16.8 Å². The topological polar surface area (TPSA) is 29.5 Å². The van der Waals surface area contributed by atoms with Crippen molar-refractivity contribution in [3.63, 3.8) is 0 Å². The Bertz CT molecular complexity index is 1440. The van der Waals surface area contributed by atoms with Gasteiger partial charge in [0, 0.05) is 0 Å². The maximum atomic E-state index is 13.1. The van der Waals surface area contributed by atoms with E-state index in [2.05, 4.69) is 36.4 Å². The van der Waals surface area contributed by atoms with Crippen LogP contribution in [-0.4, -0.2) is 10.2 Å². The Morgan fingerprint density at radius 3 is 2.44 bits per heavy atom. The lowest BCUT2D eigenvalue weighted by atomic mass is 10.1. The van der Waals surface area contributed by atoms with Crippen LogP contribution in [0.1, 0.15) is 22.3 Å². The third-order valence-corrected chi connectivity index (χ3v) is 7.09. The first-order chi connectivity index (χ1) is 16.5. The average Bonchev–Trinajstić information content (AvgIpc) is 3.11. The molecule has 1 aliphatic heterocycles. The number of aryl methyl sites for hydroxylation is 2. The quantitative estimate of drug-likeness (QED) is 0.219. The Hall–Kier alpha value is -3.41. The van der Waals surface area contributed by atoms with Crippen LogP contribution in [0.2, 0.25) is 0 Å². The molecule has 4 aromatic rings. The van der Waals surface area contributed by atoms with Crippen molar-refractivity contribution < 1.29 is 9.53 Å². The van der Waals surface area contributed by atoms with Crippen molar-refractivity contribution in [1.29, 1.82) is 0 Å². The molecule has 0 spiro atoms. The first-order valence-electron chi connectivity index (χ1n) is 11.0. The number of nitrogens with zero attached hydrogens (tertiary/aromatic N) is 1. The maximum Gasteiger partial charge on any atom is 0.270 e. The molecule has 5 heteroatoms. The molecule has 0 aromatic heterocycles. The van der Waals surface area contributed by atoms with Crippen molar-refractivity contribution >= 4 is 56.7 Å². The first-order valence-corrected chi connectivity index (χ1v) is 12.3. The van der Waals surface area contributed by atoms with Crippen LogP contribution < -0.4 is 9.64 Å². The third-order valence-electron chi connectivity index (χ3n) is 5.78. The Morgan fingerprint density at radius 2 is 1.68 bits per heavy atom. The minimum absolute atomic E-state index is 0.0846. The van der Waals surface area contributed by atoms with Crippen LogP contribution in [0.3, 0.4) is 0 Å². The van der Waals surface area contributed by atoms with E-state index >= 15 is 0 Å². The van der Waals surface area contributed by atoms with E-state index in [9.17, 15) is 4.79 Å². The summed E-state index contributed by atoms with van der Waals surface area (Å²) in [6.45, 7) is 4.54. The number of fused-ring (bicyclic) bond motifs is 1. The smallest absolute Gasteiger partial charge is 0.270 e. The van der Waals surface area contributed by atoms with Gasteiger partial charge in [0.15, 0.2) is 4.32 Å². The summed E-state index contributed by atoms with van der Waals surface area (Å²) in [5, 5.41) is 2.43.